The van der Waals surface area contributed by atoms with Gasteiger partial charge in [0.15, 0.2) is 5.78 Å². The number of anilines is 4. The molecule has 0 spiro atoms. The van der Waals surface area contributed by atoms with Gasteiger partial charge in [0.1, 0.15) is 31.7 Å². The summed E-state index contributed by atoms with van der Waals surface area (Å²) in [5.74, 6) is -4.31. The summed E-state index contributed by atoms with van der Waals surface area (Å²) in [6.45, 7) is 0. The summed E-state index contributed by atoms with van der Waals surface area (Å²) in [6, 6.07) is 17.6. The molecule has 23 heteroatoms. The van der Waals surface area contributed by atoms with Crippen LogP contribution in [0.2, 0.25) is 0 Å². The fourth-order valence-corrected chi connectivity index (χ4v) is 7.24. The van der Waals surface area contributed by atoms with Crippen LogP contribution < -0.4 is 116 Å². The first-order valence-corrected chi connectivity index (χ1v) is 19.0. The molecule has 0 amide bonds. The molecule has 5 N–H and O–H groups in total. The second kappa shape index (κ2) is 19.1. The number of fused-ring (bicyclic) bond motifs is 3. The van der Waals surface area contributed by atoms with Crippen LogP contribution in [-0.4, -0.2) is 66.4 Å². The quantitative estimate of drug-likeness (QED) is 0.0304. The van der Waals surface area contributed by atoms with Crippen molar-refractivity contribution < 1.29 is 139 Å². The first-order valence-electron chi connectivity index (χ1n) is 16.2. The van der Waals surface area contributed by atoms with Crippen LogP contribution >= 0.6 is 0 Å². The Morgan fingerprint density at radius 2 is 1.17 bits per heavy atom. The van der Waals surface area contributed by atoms with Gasteiger partial charge in [-0.05, 0) is 84.0 Å². The van der Waals surface area contributed by atoms with Gasteiger partial charge in [-0.2, -0.15) is 15.3 Å². The van der Waals surface area contributed by atoms with E-state index in [1.807, 2.05) is 0 Å². The van der Waals surface area contributed by atoms with Gasteiger partial charge >= 0.3 is 88.7 Å². The van der Waals surface area contributed by atoms with Crippen molar-refractivity contribution in [2.24, 2.45) is 15.3 Å². The minimum absolute atomic E-state index is 0. The molecule has 3 aliphatic carbocycles. The molecule has 0 unspecified atom stereocenters. The van der Waals surface area contributed by atoms with Crippen LogP contribution in [0.4, 0.5) is 22.7 Å². The van der Waals surface area contributed by atoms with Crippen molar-refractivity contribution in [1.82, 2.24) is 0 Å². The SMILES string of the molecule is Nc1ccc2c(c1)C=C(S(=O)(=O)[O-])C(=NNc1ccc3c(c1)C(=O)C(=NNc1ccc(NN=C4C=CC(=O)C(C(=O)[O-])=C4)c4ccccc14)C(S(=O)(=O)[O-])=C3)C2=O.[Na+].[Na+].[Na+]. The van der Waals surface area contributed by atoms with E-state index in [1.54, 1.807) is 30.3 Å². The predicted molar refractivity (Wildman–Crippen MR) is 206 cm³/mol. The average Bonchev–Trinajstić information content (AvgIpc) is 3.16. The topological polar surface area (TPSA) is 305 Å². The third-order valence-electron chi connectivity index (χ3n) is 8.62. The number of allylic oxidation sites excluding steroid dienone is 5. The molecule has 7 rings (SSSR count). The van der Waals surface area contributed by atoms with Gasteiger partial charge in [-0.15, -0.1) is 0 Å². The minimum atomic E-state index is -5.28. The number of Topliss-reactive ketones (excluding diaryl/α,β-unsaturated/α-hetero) is 2. The van der Waals surface area contributed by atoms with Crippen molar-refractivity contribution in [2.45, 2.75) is 0 Å². The zero-order valence-electron chi connectivity index (χ0n) is 31.5. The van der Waals surface area contributed by atoms with E-state index in [1.165, 1.54) is 48.5 Å². The number of carbonyl (C=O) groups is 4. The van der Waals surface area contributed by atoms with Crippen molar-refractivity contribution in [3.8, 4) is 0 Å². The Labute approximate surface area is 406 Å². The Hall–Kier alpha value is -4.39. The van der Waals surface area contributed by atoms with E-state index in [4.69, 9.17) is 5.73 Å². The number of nitrogens with zero attached hydrogens (tertiary/aromatic N) is 3. The predicted octanol–water partition coefficient (Wildman–Crippen LogP) is -6.88. The Morgan fingerprint density at radius 3 is 1.75 bits per heavy atom. The van der Waals surface area contributed by atoms with E-state index in [-0.39, 0.29) is 134 Å². The van der Waals surface area contributed by atoms with Crippen LogP contribution in [-0.2, 0) is 29.8 Å². The largest absolute Gasteiger partial charge is 1.00 e. The number of nitrogens with two attached hydrogens (primary N) is 1. The number of hydrazone groups is 3. The summed E-state index contributed by atoms with van der Waals surface area (Å²) >= 11 is 0. The molecular weight excluding hydrogens is 852 g/mol. The van der Waals surface area contributed by atoms with Crippen molar-refractivity contribution in [2.75, 3.05) is 22.0 Å². The Morgan fingerprint density at radius 1 is 0.617 bits per heavy atom. The molecule has 3 aliphatic rings. The molecule has 4 aromatic carbocycles. The third-order valence-corrected chi connectivity index (χ3v) is 10.3. The normalized spacial score (nSPS) is 16.7. The van der Waals surface area contributed by atoms with Crippen molar-refractivity contribution >= 4 is 106 Å². The second-order valence-electron chi connectivity index (χ2n) is 12.3. The summed E-state index contributed by atoms with van der Waals surface area (Å²) < 4.78 is 73.5. The van der Waals surface area contributed by atoms with Crippen molar-refractivity contribution in [3.63, 3.8) is 0 Å². The number of carboxylic acid groups (broad SMARTS) is 1. The third kappa shape index (κ3) is 10.0. The molecule has 0 fully saturated rings. The molecule has 0 atom stereocenters. The summed E-state index contributed by atoms with van der Waals surface area (Å²) in [4.78, 5) is 48.2. The van der Waals surface area contributed by atoms with Crippen LogP contribution in [0.5, 0.6) is 0 Å². The number of benzene rings is 4. The Bertz CT molecular complexity index is 3000. The number of rotatable bonds is 9. The van der Waals surface area contributed by atoms with Crippen molar-refractivity contribution in [3.05, 3.63) is 129 Å². The van der Waals surface area contributed by atoms with Crippen LogP contribution in [0.1, 0.15) is 31.8 Å². The van der Waals surface area contributed by atoms with Crippen LogP contribution in [0.15, 0.2) is 122 Å². The van der Waals surface area contributed by atoms with Gasteiger partial charge in [-0.25, -0.2) is 16.8 Å². The Kier molecular flexibility index (Phi) is 15.4. The molecule has 18 nitrogen and oxygen atoms in total. The van der Waals surface area contributed by atoms with Gasteiger partial charge < -0.3 is 24.7 Å². The number of aliphatic carboxylic acids is 1. The summed E-state index contributed by atoms with van der Waals surface area (Å²) in [6.07, 6.45) is 5.30. The average molecular weight is 874 g/mol. The van der Waals surface area contributed by atoms with Gasteiger partial charge in [0.05, 0.1) is 38.6 Å². The van der Waals surface area contributed by atoms with Gasteiger partial charge in [0.25, 0.3) is 0 Å². The molecule has 60 heavy (non-hydrogen) atoms. The number of ketones is 3. The second-order valence-corrected chi connectivity index (χ2v) is 15.0. The summed E-state index contributed by atoms with van der Waals surface area (Å²) in [5.41, 5.74) is 12.6. The minimum Gasteiger partial charge on any atom is -0.744 e. The van der Waals surface area contributed by atoms with Gasteiger partial charge in [0.2, 0.25) is 11.6 Å². The van der Waals surface area contributed by atoms with Crippen LogP contribution in [0, 0.1) is 0 Å². The smallest absolute Gasteiger partial charge is 0.744 e. The molecule has 0 bridgehead atoms. The monoisotopic (exact) mass is 873 g/mol. The zero-order valence-corrected chi connectivity index (χ0v) is 39.2. The van der Waals surface area contributed by atoms with Gasteiger partial charge in [0, 0.05) is 33.2 Å². The first kappa shape index (κ1) is 48.3. The maximum absolute atomic E-state index is 13.8. The Balaban J connectivity index is 0.00000265. The van der Waals surface area contributed by atoms with E-state index in [0.29, 0.717) is 16.5 Å². The number of nitrogens with one attached hydrogen (secondary N) is 3. The summed E-state index contributed by atoms with van der Waals surface area (Å²) in [7, 11) is -10.5. The molecule has 0 aliphatic heterocycles. The zero-order chi connectivity index (χ0) is 40.8. The van der Waals surface area contributed by atoms with E-state index in [2.05, 4.69) is 31.6 Å². The van der Waals surface area contributed by atoms with Crippen LogP contribution in [0.25, 0.3) is 22.9 Å². The number of hydrogen-bond acceptors (Lipinski definition) is 18. The number of carboxylic acids is 1. The maximum atomic E-state index is 13.8. The molecule has 0 aromatic heterocycles. The maximum Gasteiger partial charge on any atom is 1.00 e. The van der Waals surface area contributed by atoms with Crippen molar-refractivity contribution in [1.29, 1.82) is 0 Å². The molecular formula is C37H22N7Na3O11S2. The van der Waals surface area contributed by atoms with E-state index < -0.39 is 70.4 Å². The fraction of sp³-hybridized carbons (Fsp3) is 0. The van der Waals surface area contributed by atoms with E-state index in [0.717, 1.165) is 24.3 Å². The number of carbonyl (C=O) groups excluding carboxylic acids is 4. The number of hydrogen-bond donors (Lipinski definition) is 4. The van der Waals surface area contributed by atoms with E-state index >= 15 is 0 Å². The molecule has 0 heterocycles. The molecule has 0 radical (unpaired) electrons. The van der Waals surface area contributed by atoms with E-state index in [9.17, 15) is 50.2 Å². The molecule has 4 aromatic rings. The molecule has 286 valence electrons. The molecule has 0 saturated carbocycles. The first-order chi connectivity index (χ1) is 27.0. The molecule has 0 saturated heterocycles. The number of nitrogen functional groups attached to an aromatic ring is 1. The summed E-state index contributed by atoms with van der Waals surface area (Å²) in [5, 5.41) is 24.3. The van der Waals surface area contributed by atoms with Crippen LogP contribution in [0.3, 0.4) is 0 Å². The standard InChI is InChI=1S/C37H25N7O11S2.3Na/c38-20-6-9-23-19(13-20)15-32(57(53,54)55)33(35(23)46)43-40-21-7-5-18-14-31(56(50,51)52)34(36(47)26(18)16-21)44-42-29-11-10-28(24-3-1-2-4-25(24)29)41-39-22-8-12-30(45)27(17-22)37(48)49;;;/h1-17,40-42H,38H2,(H,48,49)(H,50,51,52)(H,53,54,55);;;/q;3*+1/p-3. The fourth-order valence-electron chi connectivity index (χ4n) is 5.95. The van der Waals surface area contributed by atoms with Gasteiger partial charge in [-0.1, -0.05) is 30.3 Å². The van der Waals surface area contributed by atoms with Gasteiger partial charge in [-0.3, -0.25) is 30.7 Å².